The molecule has 2 rings (SSSR count). The summed E-state index contributed by atoms with van der Waals surface area (Å²) in [5.74, 6) is 0.0578. The average molecular weight is 238 g/mol. The van der Waals surface area contributed by atoms with Crippen LogP contribution in [0.4, 0.5) is 0 Å². The monoisotopic (exact) mass is 238 g/mol. The minimum atomic E-state index is -0.518. The SMILES string of the molecule is N#CC(C#N)[C@@H](c1ccccc1)C1CCCCC1. The highest BCUT2D eigenvalue weighted by Crippen LogP contribution is 2.40. The van der Waals surface area contributed by atoms with Gasteiger partial charge in [0.15, 0.2) is 0 Å². The van der Waals surface area contributed by atoms with Crippen molar-refractivity contribution in [3.05, 3.63) is 35.9 Å². The molecule has 0 bridgehead atoms. The molecule has 0 aliphatic heterocycles. The Morgan fingerprint density at radius 2 is 1.56 bits per heavy atom. The third-order valence-corrected chi connectivity index (χ3v) is 3.98. The molecule has 1 atom stereocenters. The number of hydrogen-bond acceptors (Lipinski definition) is 2. The molecule has 2 nitrogen and oxygen atoms in total. The summed E-state index contributed by atoms with van der Waals surface area (Å²) in [4.78, 5) is 0. The molecule has 2 heteroatoms. The molecule has 0 spiro atoms. The number of nitrogens with zero attached hydrogens (tertiary/aromatic N) is 2. The lowest BCUT2D eigenvalue weighted by Crippen LogP contribution is -2.22. The van der Waals surface area contributed by atoms with Crippen LogP contribution in [0.15, 0.2) is 30.3 Å². The van der Waals surface area contributed by atoms with Crippen LogP contribution in [-0.4, -0.2) is 0 Å². The van der Waals surface area contributed by atoms with Gasteiger partial charge in [-0.15, -0.1) is 0 Å². The number of nitriles is 2. The zero-order valence-corrected chi connectivity index (χ0v) is 10.5. The van der Waals surface area contributed by atoms with Crippen molar-refractivity contribution in [2.75, 3.05) is 0 Å². The lowest BCUT2D eigenvalue weighted by atomic mass is 9.71. The molecule has 0 radical (unpaired) electrons. The maximum absolute atomic E-state index is 9.22. The Bertz CT molecular complexity index is 432. The Balaban J connectivity index is 2.29. The van der Waals surface area contributed by atoms with Crippen LogP contribution < -0.4 is 0 Å². The van der Waals surface area contributed by atoms with Crippen LogP contribution in [-0.2, 0) is 0 Å². The van der Waals surface area contributed by atoms with E-state index < -0.39 is 5.92 Å². The molecule has 0 amide bonds. The fourth-order valence-corrected chi connectivity index (χ4v) is 3.09. The van der Waals surface area contributed by atoms with E-state index in [0.29, 0.717) is 5.92 Å². The summed E-state index contributed by atoms with van der Waals surface area (Å²) in [6.45, 7) is 0. The summed E-state index contributed by atoms with van der Waals surface area (Å²) in [5.41, 5.74) is 1.15. The van der Waals surface area contributed by atoms with Gasteiger partial charge in [-0.3, -0.25) is 0 Å². The lowest BCUT2D eigenvalue weighted by molar-refractivity contribution is 0.287. The van der Waals surface area contributed by atoms with E-state index in [9.17, 15) is 10.5 Å². The van der Waals surface area contributed by atoms with Crippen molar-refractivity contribution in [1.82, 2.24) is 0 Å². The molecule has 0 aromatic heterocycles. The molecule has 1 aliphatic rings. The fraction of sp³-hybridized carbons (Fsp3) is 0.500. The predicted molar refractivity (Wildman–Crippen MR) is 70.5 cm³/mol. The van der Waals surface area contributed by atoms with Gasteiger partial charge in [0.25, 0.3) is 0 Å². The van der Waals surface area contributed by atoms with Gasteiger partial charge >= 0.3 is 0 Å². The Hall–Kier alpha value is -1.80. The Labute approximate surface area is 109 Å². The Kier molecular flexibility index (Phi) is 4.37. The molecule has 92 valence electrons. The first kappa shape index (κ1) is 12.7. The second kappa shape index (κ2) is 6.22. The average Bonchev–Trinajstić information content (AvgIpc) is 2.46. The summed E-state index contributed by atoms with van der Waals surface area (Å²) in [5, 5.41) is 18.4. The minimum absolute atomic E-state index is 0.0847. The summed E-state index contributed by atoms with van der Waals surface area (Å²) in [6.07, 6.45) is 6.07. The van der Waals surface area contributed by atoms with Crippen molar-refractivity contribution >= 4 is 0 Å². The van der Waals surface area contributed by atoms with E-state index in [2.05, 4.69) is 24.3 Å². The third-order valence-electron chi connectivity index (χ3n) is 3.98. The molecule has 0 unspecified atom stereocenters. The molecule has 0 heterocycles. The number of benzene rings is 1. The van der Waals surface area contributed by atoms with Gasteiger partial charge in [-0.2, -0.15) is 10.5 Å². The van der Waals surface area contributed by atoms with Gasteiger partial charge < -0.3 is 0 Å². The minimum Gasteiger partial charge on any atom is -0.197 e. The van der Waals surface area contributed by atoms with Gasteiger partial charge in [-0.05, 0) is 24.3 Å². The van der Waals surface area contributed by atoms with Crippen molar-refractivity contribution in [3.63, 3.8) is 0 Å². The van der Waals surface area contributed by atoms with E-state index in [1.165, 1.54) is 19.3 Å². The molecule has 0 N–H and O–H groups in total. The summed E-state index contributed by atoms with van der Waals surface area (Å²) in [6, 6.07) is 14.5. The normalized spacial score (nSPS) is 17.9. The first-order chi connectivity index (χ1) is 8.86. The maximum Gasteiger partial charge on any atom is 0.140 e. The maximum atomic E-state index is 9.22. The molecule has 1 saturated carbocycles. The second-order valence-electron chi connectivity index (χ2n) is 5.07. The van der Waals surface area contributed by atoms with Crippen LogP contribution in [0.1, 0.15) is 43.6 Å². The molecule has 1 aromatic carbocycles. The van der Waals surface area contributed by atoms with Crippen molar-refractivity contribution < 1.29 is 0 Å². The highest BCUT2D eigenvalue weighted by atomic mass is 14.4. The topological polar surface area (TPSA) is 47.6 Å². The molecular formula is C16H18N2. The van der Waals surface area contributed by atoms with E-state index in [1.807, 2.05) is 18.2 Å². The van der Waals surface area contributed by atoms with E-state index in [4.69, 9.17) is 0 Å². The van der Waals surface area contributed by atoms with Crippen molar-refractivity contribution in [2.24, 2.45) is 11.8 Å². The van der Waals surface area contributed by atoms with Gasteiger partial charge in [-0.1, -0.05) is 49.6 Å². The highest BCUT2D eigenvalue weighted by Gasteiger charge is 2.31. The van der Waals surface area contributed by atoms with Crippen LogP contribution in [0.2, 0.25) is 0 Å². The van der Waals surface area contributed by atoms with E-state index in [-0.39, 0.29) is 5.92 Å². The summed E-state index contributed by atoms with van der Waals surface area (Å²) < 4.78 is 0. The molecule has 0 saturated heterocycles. The first-order valence-corrected chi connectivity index (χ1v) is 6.71. The quantitative estimate of drug-likeness (QED) is 0.798. The van der Waals surface area contributed by atoms with E-state index in [0.717, 1.165) is 18.4 Å². The predicted octanol–water partition coefficient (Wildman–Crippen LogP) is 4.01. The fourth-order valence-electron chi connectivity index (χ4n) is 3.09. The summed E-state index contributed by atoms with van der Waals surface area (Å²) in [7, 11) is 0. The van der Waals surface area contributed by atoms with Crippen LogP contribution in [0.3, 0.4) is 0 Å². The molecular weight excluding hydrogens is 220 g/mol. The smallest absolute Gasteiger partial charge is 0.140 e. The van der Waals surface area contributed by atoms with Crippen LogP contribution in [0.5, 0.6) is 0 Å². The summed E-state index contributed by atoms with van der Waals surface area (Å²) >= 11 is 0. The van der Waals surface area contributed by atoms with Gasteiger partial charge in [0.2, 0.25) is 0 Å². The van der Waals surface area contributed by atoms with Gasteiger partial charge in [0, 0.05) is 5.92 Å². The van der Waals surface area contributed by atoms with Crippen molar-refractivity contribution in [2.45, 2.75) is 38.0 Å². The third kappa shape index (κ3) is 2.71. The zero-order valence-electron chi connectivity index (χ0n) is 10.5. The Morgan fingerprint density at radius 1 is 0.944 bits per heavy atom. The standard InChI is InChI=1S/C16H18N2/c17-11-15(12-18)16(13-7-3-1-4-8-13)14-9-5-2-6-10-14/h1,3-4,7-8,14-16H,2,5-6,9-10H2/t16-/m0/s1. The molecule has 1 aromatic rings. The van der Waals surface area contributed by atoms with Gasteiger partial charge in [-0.25, -0.2) is 0 Å². The van der Waals surface area contributed by atoms with Crippen molar-refractivity contribution in [1.29, 1.82) is 10.5 Å². The lowest BCUT2D eigenvalue weighted by Gasteiger charge is -2.31. The van der Waals surface area contributed by atoms with Crippen molar-refractivity contribution in [3.8, 4) is 12.1 Å². The number of hydrogen-bond donors (Lipinski definition) is 0. The van der Waals surface area contributed by atoms with E-state index >= 15 is 0 Å². The first-order valence-electron chi connectivity index (χ1n) is 6.71. The molecule has 1 fully saturated rings. The van der Waals surface area contributed by atoms with E-state index in [1.54, 1.807) is 0 Å². The highest BCUT2D eigenvalue weighted by molar-refractivity contribution is 5.26. The van der Waals surface area contributed by atoms with Crippen LogP contribution in [0, 0.1) is 34.5 Å². The largest absolute Gasteiger partial charge is 0.197 e. The zero-order chi connectivity index (χ0) is 12.8. The van der Waals surface area contributed by atoms with Crippen LogP contribution in [0.25, 0.3) is 0 Å². The van der Waals surface area contributed by atoms with Gasteiger partial charge in [0.1, 0.15) is 5.92 Å². The molecule has 1 aliphatic carbocycles. The van der Waals surface area contributed by atoms with Gasteiger partial charge in [0.05, 0.1) is 12.1 Å². The second-order valence-corrected chi connectivity index (χ2v) is 5.07. The number of rotatable bonds is 3. The Morgan fingerprint density at radius 3 is 2.11 bits per heavy atom. The van der Waals surface area contributed by atoms with Crippen LogP contribution >= 0.6 is 0 Å². The molecule has 18 heavy (non-hydrogen) atoms.